The van der Waals surface area contributed by atoms with E-state index >= 15 is 0 Å². The van der Waals surface area contributed by atoms with Crippen molar-refractivity contribution < 1.29 is 14.3 Å². The Morgan fingerprint density at radius 3 is 2.59 bits per heavy atom. The summed E-state index contributed by atoms with van der Waals surface area (Å²) in [5.74, 6) is 0.574. The number of rotatable bonds is 3. The molecule has 232 valence electrons. The normalized spacial score (nSPS) is 24.3. The molecule has 3 aliphatic heterocycles. The molecule has 4 atom stereocenters. The van der Waals surface area contributed by atoms with Crippen molar-refractivity contribution in [3.63, 3.8) is 0 Å². The third-order valence-electron chi connectivity index (χ3n) is 9.96. The third-order valence-corrected chi connectivity index (χ3v) is 9.96. The number of ether oxygens (including phenoxy) is 1. The summed E-state index contributed by atoms with van der Waals surface area (Å²) in [6.07, 6.45) is 6.90. The molecule has 44 heavy (non-hydrogen) atoms. The molecule has 0 aliphatic carbocycles. The van der Waals surface area contributed by atoms with E-state index in [1.807, 2.05) is 48.4 Å². The van der Waals surface area contributed by atoms with E-state index in [0.717, 1.165) is 91.8 Å². The fraction of sp³-hybridized carbons (Fsp3) is 0.515. The van der Waals surface area contributed by atoms with E-state index in [0.29, 0.717) is 17.1 Å². The number of aromatic nitrogens is 4. The standard InChI is InChI=1S/C33H42N8O3/c1-19-25-11-9-21-15-27(39(31(21)36-25)14-8-6-5-7-13-38(3)33(43)35-19)30-20(2)40-28(37-30)16-22(17-29(40)44-4)32(42)41-23-10-12-26(41)24(34)18-23/h9,11,15-17,19,23-24,26H,5-8,10,12-14,18,34H2,1-4H3,(H,35,43)/t19-,23+,24-,26-/m1/s1. The number of urea groups is 1. The highest BCUT2D eigenvalue weighted by molar-refractivity contribution is 5.96. The summed E-state index contributed by atoms with van der Waals surface area (Å²) in [5, 5.41) is 4.12. The van der Waals surface area contributed by atoms with Crippen molar-refractivity contribution >= 4 is 28.6 Å². The molecule has 2 fully saturated rings. The van der Waals surface area contributed by atoms with Crippen LogP contribution in [0, 0.1) is 6.92 Å². The highest BCUT2D eigenvalue weighted by Gasteiger charge is 2.47. The van der Waals surface area contributed by atoms with Gasteiger partial charge in [-0.05, 0) is 70.2 Å². The second-order valence-electron chi connectivity index (χ2n) is 12.8. The summed E-state index contributed by atoms with van der Waals surface area (Å²) >= 11 is 0. The number of nitrogens with zero attached hydrogens (tertiary/aromatic N) is 6. The minimum Gasteiger partial charge on any atom is -0.482 e. The third kappa shape index (κ3) is 4.68. The zero-order chi connectivity index (χ0) is 30.7. The van der Waals surface area contributed by atoms with Crippen molar-refractivity contribution in [3.05, 3.63) is 47.3 Å². The lowest BCUT2D eigenvalue weighted by Crippen LogP contribution is -2.40. The van der Waals surface area contributed by atoms with Gasteiger partial charge in [0.2, 0.25) is 0 Å². The van der Waals surface area contributed by atoms with Crippen LogP contribution in [0.3, 0.4) is 0 Å². The van der Waals surface area contributed by atoms with Crippen molar-refractivity contribution in [3.8, 4) is 17.3 Å². The molecule has 3 aliphatic rings. The summed E-state index contributed by atoms with van der Waals surface area (Å²) in [5.41, 5.74) is 12.0. The number of imidazole rings is 1. The average molecular weight is 599 g/mol. The lowest BCUT2D eigenvalue weighted by atomic mass is 9.97. The number of pyridine rings is 2. The Balaban J connectivity index is 1.31. The zero-order valence-electron chi connectivity index (χ0n) is 26.0. The van der Waals surface area contributed by atoms with Crippen LogP contribution in [0.2, 0.25) is 0 Å². The lowest BCUT2D eigenvalue weighted by Gasteiger charge is -2.23. The van der Waals surface area contributed by atoms with Gasteiger partial charge in [-0.2, -0.15) is 0 Å². The second kappa shape index (κ2) is 11.1. The Kier molecular flexibility index (Phi) is 7.23. The molecular formula is C33H42N8O3. The second-order valence-corrected chi connectivity index (χ2v) is 12.8. The van der Waals surface area contributed by atoms with E-state index in [1.165, 1.54) is 0 Å². The Morgan fingerprint density at radius 1 is 1.07 bits per heavy atom. The van der Waals surface area contributed by atoms with E-state index < -0.39 is 0 Å². The number of hydrogen-bond acceptors (Lipinski definition) is 6. The molecule has 0 aromatic carbocycles. The van der Waals surface area contributed by atoms with Crippen LogP contribution < -0.4 is 15.8 Å². The van der Waals surface area contributed by atoms with Gasteiger partial charge in [-0.25, -0.2) is 14.8 Å². The highest BCUT2D eigenvalue weighted by Crippen LogP contribution is 2.39. The van der Waals surface area contributed by atoms with E-state index in [9.17, 15) is 9.59 Å². The van der Waals surface area contributed by atoms with Crippen LogP contribution in [-0.4, -0.2) is 79.5 Å². The maximum atomic E-state index is 13.8. The Hall–Kier alpha value is -4.12. The maximum absolute atomic E-state index is 13.8. The monoisotopic (exact) mass is 598 g/mol. The first-order valence-corrected chi connectivity index (χ1v) is 15.9. The predicted molar refractivity (Wildman–Crippen MR) is 169 cm³/mol. The van der Waals surface area contributed by atoms with Gasteiger partial charge in [0.15, 0.2) is 5.88 Å². The first kappa shape index (κ1) is 28.6. The number of amides is 3. The van der Waals surface area contributed by atoms with Crippen molar-refractivity contribution in [2.24, 2.45) is 5.73 Å². The van der Waals surface area contributed by atoms with Gasteiger partial charge in [0.25, 0.3) is 5.91 Å². The molecule has 4 bridgehead atoms. The van der Waals surface area contributed by atoms with Gasteiger partial charge in [0.1, 0.15) is 17.0 Å². The van der Waals surface area contributed by atoms with Crippen molar-refractivity contribution in [1.82, 2.24) is 34.1 Å². The van der Waals surface area contributed by atoms with Gasteiger partial charge in [-0.15, -0.1) is 0 Å². The number of carbonyl (C=O) groups excluding carboxylic acids is 2. The zero-order valence-corrected chi connectivity index (χ0v) is 26.0. The SMILES string of the molecule is COc1cc(C(=O)N2[C@H]3CC[C@@H]2[C@H](N)C3)cc2nc(-c3cc4ccc5nc4n3CCCCCCN(C)C(=O)N[C@@H]5C)c(C)n12. The van der Waals surface area contributed by atoms with E-state index in [1.54, 1.807) is 12.0 Å². The van der Waals surface area contributed by atoms with Crippen LogP contribution in [0.25, 0.3) is 28.1 Å². The van der Waals surface area contributed by atoms with Crippen molar-refractivity contribution in [2.75, 3.05) is 20.7 Å². The summed E-state index contributed by atoms with van der Waals surface area (Å²) in [4.78, 5) is 40.5. The molecule has 3 amide bonds. The van der Waals surface area contributed by atoms with Gasteiger partial charge in [0.05, 0.1) is 30.2 Å². The quantitative estimate of drug-likeness (QED) is 0.354. The lowest BCUT2D eigenvalue weighted by molar-refractivity contribution is 0.0726. The van der Waals surface area contributed by atoms with E-state index in [-0.39, 0.29) is 36.1 Å². The Morgan fingerprint density at radius 2 is 1.86 bits per heavy atom. The van der Waals surface area contributed by atoms with Gasteiger partial charge in [-0.1, -0.05) is 12.8 Å². The highest BCUT2D eigenvalue weighted by atomic mass is 16.5. The number of carbonyl (C=O) groups is 2. The molecule has 7 heterocycles. The molecule has 11 nitrogen and oxygen atoms in total. The van der Waals surface area contributed by atoms with Gasteiger partial charge >= 0.3 is 6.03 Å². The van der Waals surface area contributed by atoms with Crippen molar-refractivity contribution in [2.45, 2.75) is 89.5 Å². The van der Waals surface area contributed by atoms with Gasteiger partial charge in [-0.3, -0.25) is 9.20 Å². The molecule has 0 spiro atoms. The van der Waals surface area contributed by atoms with E-state index in [2.05, 4.69) is 22.0 Å². The molecule has 2 saturated heterocycles. The predicted octanol–water partition coefficient (Wildman–Crippen LogP) is 4.65. The molecule has 0 saturated carbocycles. The summed E-state index contributed by atoms with van der Waals surface area (Å²) in [6, 6.07) is 9.97. The fourth-order valence-electron chi connectivity index (χ4n) is 7.54. The summed E-state index contributed by atoms with van der Waals surface area (Å²) in [7, 11) is 3.48. The van der Waals surface area contributed by atoms with Crippen LogP contribution in [0.1, 0.15) is 79.7 Å². The van der Waals surface area contributed by atoms with Crippen LogP contribution in [-0.2, 0) is 6.54 Å². The number of methoxy groups -OCH3 is 1. The minimum atomic E-state index is -0.235. The number of nitrogens with two attached hydrogens (primary N) is 1. The number of fused-ring (bicyclic) bond motifs is 4. The van der Waals surface area contributed by atoms with Crippen molar-refractivity contribution in [1.29, 1.82) is 0 Å². The Labute approximate surface area is 257 Å². The van der Waals surface area contributed by atoms with Crippen LogP contribution in [0.4, 0.5) is 4.79 Å². The summed E-state index contributed by atoms with van der Waals surface area (Å²) < 4.78 is 10.1. The van der Waals surface area contributed by atoms with E-state index in [4.69, 9.17) is 20.4 Å². The molecule has 3 N–H and O–H groups in total. The van der Waals surface area contributed by atoms with Crippen LogP contribution in [0.5, 0.6) is 5.88 Å². The average Bonchev–Trinajstić information content (AvgIpc) is 3.76. The molecular weight excluding hydrogens is 556 g/mol. The summed E-state index contributed by atoms with van der Waals surface area (Å²) in [6.45, 7) is 5.54. The largest absolute Gasteiger partial charge is 0.482 e. The number of nitrogens with one attached hydrogen (secondary N) is 1. The molecule has 11 heteroatoms. The maximum Gasteiger partial charge on any atom is 0.317 e. The number of aryl methyl sites for hydroxylation is 2. The molecule has 4 aromatic rings. The fourth-order valence-corrected chi connectivity index (χ4v) is 7.54. The minimum absolute atomic E-state index is 0.000130. The first-order chi connectivity index (χ1) is 21.2. The smallest absolute Gasteiger partial charge is 0.317 e. The van der Waals surface area contributed by atoms with Gasteiger partial charge < -0.3 is 30.2 Å². The topological polar surface area (TPSA) is 123 Å². The first-order valence-electron chi connectivity index (χ1n) is 15.9. The molecule has 0 unspecified atom stereocenters. The molecule has 0 radical (unpaired) electrons. The van der Waals surface area contributed by atoms with Crippen LogP contribution in [0.15, 0.2) is 30.3 Å². The Bertz CT molecular complexity index is 1760. The van der Waals surface area contributed by atoms with Gasteiger partial charge in [0, 0.05) is 55.3 Å². The molecule has 7 rings (SSSR count). The van der Waals surface area contributed by atoms with Crippen LogP contribution >= 0.6 is 0 Å². The molecule has 4 aromatic heterocycles. The number of hydrogen-bond donors (Lipinski definition) is 2.